The fourth-order valence-electron chi connectivity index (χ4n) is 4.53. The molecule has 1 fully saturated rings. The van der Waals surface area contributed by atoms with Crippen molar-refractivity contribution in [3.05, 3.63) is 72.3 Å². The summed E-state index contributed by atoms with van der Waals surface area (Å²) in [6, 6.07) is 14.0. The van der Waals surface area contributed by atoms with Crippen LogP contribution in [-0.2, 0) is 14.3 Å². The molecule has 230 valence electrons. The number of ether oxygens (including phenoxy) is 4. The first-order chi connectivity index (χ1) is 21.0. The van der Waals surface area contributed by atoms with Crippen LogP contribution >= 0.6 is 0 Å². The average Bonchev–Trinajstić information content (AvgIpc) is 3.00. The Balaban J connectivity index is 1.41. The molecule has 4 aromatic rings. The Bertz CT molecular complexity index is 1680. The molecular weight excluding hydrogens is 580 g/mol. The number of hydrogen-bond acceptors (Lipinski definition) is 12. The van der Waals surface area contributed by atoms with Crippen molar-refractivity contribution in [2.75, 3.05) is 13.7 Å². The molecule has 3 aromatic carbocycles. The van der Waals surface area contributed by atoms with Gasteiger partial charge in [0.1, 0.15) is 53.7 Å². The Labute approximate surface area is 249 Å². The van der Waals surface area contributed by atoms with E-state index in [0.29, 0.717) is 11.1 Å². The molecule has 0 bridgehead atoms. The Morgan fingerprint density at radius 2 is 1.61 bits per heavy atom. The molecule has 0 spiro atoms. The van der Waals surface area contributed by atoms with Gasteiger partial charge in [-0.25, -0.2) is 9.21 Å². The first kappa shape index (κ1) is 30.4. The number of aliphatic hydroxyl groups is 3. The largest absolute Gasteiger partial charge is 0.508 e. The van der Waals surface area contributed by atoms with E-state index in [1.54, 1.807) is 12.1 Å². The summed E-state index contributed by atoms with van der Waals surface area (Å²) in [5.74, 6) is -1.53. The summed E-state index contributed by atoms with van der Waals surface area (Å²) in [7, 11) is 1.35. The molecule has 1 aliphatic rings. The Kier molecular flexibility index (Phi) is 8.73. The Hall–Kier alpha value is -5.08. The summed E-state index contributed by atoms with van der Waals surface area (Å²) >= 11 is 0. The van der Waals surface area contributed by atoms with Gasteiger partial charge >= 0.3 is 17.3 Å². The predicted octanol–water partition coefficient (Wildman–Crippen LogP) is 2.65. The zero-order chi connectivity index (χ0) is 31.5. The van der Waals surface area contributed by atoms with Gasteiger partial charge in [-0.2, -0.15) is 0 Å². The number of carbonyl (C=O) groups excluding carboxylic acids is 1. The van der Waals surface area contributed by atoms with Crippen molar-refractivity contribution in [1.29, 1.82) is 0 Å². The second-order valence-corrected chi connectivity index (χ2v) is 9.89. The van der Waals surface area contributed by atoms with Crippen LogP contribution in [0.4, 0.5) is 0 Å². The number of fused-ring (bicyclic) bond motifs is 1. The first-order valence-electron chi connectivity index (χ1n) is 13.2. The minimum Gasteiger partial charge on any atom is -0.508 e. The molecule has 13 nitrogen and oxygen atoms in total. The third-order valence-corrected chi connectivity index (χ3v) is 6.86. The second kappa shape index (κ2) is 12.7. The fourth-order valence-corrected chi connectivity index (χ4v) is 4.53. The van der Waals surface area contributed by atoms with E-state index in [2.05, 4.69) is 0 Å². The van der Waals surface area contributed by atoms with Gasteiger partial charge in [0.25, 0.3) is 0 Å². The standard InChI is InChI=1S/C31H28O13/c1-40-23-10-16(5-8-20(23)34)30-24(13-19-21(35)11-18(33)12-22(19)42-30)43-31-29(39)28(38)27(37)25(44-31)14-41-26(36)9-4-15-2-6-17(32)7-3-15/h2-13,25,27-29,31,37-39H,14H2,1H3,(H3-,32,33,34,35,36)/p+1/t25-,27-,28+,29-,31?/m1/s1. The van der Waals surface area contributed by atoms with Gasteiger partial charge in [-0.1, -0.05) is 12.1 Å². The van der Waals surface area contributed by atoms with Gasteiger partial charge in [0, 0.05) is 24.3 Å². The van der Waals surface area contributed by atoms with Crippen LogP contribution in [0.1, 0.15) is 5.56 Å². The minimum atomic E-state index is -1.78. The molecular formula is C31H29O13+. The topological polar surface area (TPSA) is 207 Å². The highest BCUT2D eigenvalue weighted by Gasteiger charge is 2.46. The summed E-state index contributed by atoms with van der Waals surface area (Å²) < 4.78 is 27.9. The van der Waals surface area contributed by atoms with Crippen LogP contribution in [0.3, 0.4) is 0 Å². The van der Waals surface area contributed by atoms with Crippen LogP contribution in [0.25, 0.3) is 28.4 Å². The van der Waals surface area contributed by atoms with Crippen LogP contribution in [0, 0.1) is 0 Å². The van der Waals surface area contributed by atoms with Gasteiger partial charge in [0.15, 0.2) is 11.5 Å². The van der Waals surface area contributed by atoms with Gasteiger partial charge < -0.3 is 54.7 Å². The third kappa shape index (κ3) is 6.45. The summed E-state index contributed by atoms with van der Waals surface area (Å²) in [4.78, 5) is 12.3. The number of aliphatic hydroxyl groups excluding tert-OH is 3. The van der Waals surface area contributed by atoms with E-state index >= 15 is 0 Å². The van der Waals surface area contributed by atoms with E-state index in [0.717, 1.165) is 12.1 Å². The van der Waals surface area contributed by atoms with Gasteiger partial charge in [-0.05, 0) is 35.9 Å². The van der Waals surface area contributed by atoms with E-state index in [4.69, 9.17) is 23.4 Å². The van der Waals surface area contributed by atoms with Gasteiger partial charge in [-0.15, -0.1) is 0 Å². The van der Waals surface area contributed by atoms with Crippen molar-refractivity contribution in [2.24, 2.45) is 0 Å². The number of benzene rings is 3. The molecule has 5 atom stereocenters. The molecule has 1 saturated heterocycles. The first-order valence-corrected chi connectivity index (χ1v) is 13.2. The SMILES string of the molecule is COc1cc(-c2[o+]c3cc(O)cc(O)c3cc2OC2O[C@H](COC(=O)/C=C/c3ccc(O)cc3)[C@@H](O)[C@H](O)[C@H]2O)ccc1O. The molecule has 13 heteroatoms. The lowest BCUT2D eigenvalue weighted by Gasteiger charge is -2.39. The lowest BCUT2D eigenvalue weighted by Crippen LogP contribution is -2.60. The van der Waals surface area contributed by atoms with Crippen molar-refractivity contribution in [3.63, 3.8) is 0 Å². The highest BCUT2D eigenvalue weighted by molar-refractivity contribution is 5.89. The maximum absolute atomic E-state index is 12.3. The summed E-state index contributed by atoms with van der Waals surface area (Å²) in [6.07, 6.45) is -5.60. The summed E-state index contributed by atoms with van der Waals surface area (Å²) in [6.45, 7) is -0.520. The molecule has 5 rings (SSSR count). The number of rotatable bonds is 8. The number of esters is 1. The monoisotopic (exact) mass is 609 g/mol. The van der Waals surface area contributed by atoms with E-state index in [1.165, 1.54) is 55.7 Å². The quantitative estimate of drug-likeness (QED) is 0.0872. The fraction of sp³-hybridized carbons (Fsp3) is 0.226. The minimum absolute atomic E-state index is 0.000410. The van der Waals surface area contributed by atoms with Crippen molar-refractivity contribution in [1.82, 2.24) is 0 Å². The van der Waals surface area contributed by atoms with Crippen LogP contribution in [-0.4, -0.2) is 86.1 Å². The Morgan fingerprint density at radius 3 is 2.34 bits per heavy atom. The molecule has 7 N–H and O–H groups in total. The van der Waals surface area contributed by atoms with E-state index in [1.807, 2.05) is 0 Å². The zero-order valence-corrected chi connectivity index (χ0v) is 23.1. The normalized spacial score (nSPS) is 21.8. The van der Waals surface area contributed by atoms with Gasteiger partial charge in [0.05, 0.1) is 18.7 Å². The van der Waals surface area contributed by atoms with Gasteiger partial charge in [-0.3, -0.25) is 0 Å². The number of phenols is 4. The summed E-state index contributed by atoms with van der Waals surface area (Å²) in [5.41, 5.74) is 0.989. The second-order valence-electron chi connectivity index (χ2n) is 9.89. The highest BCUT2D eigenvalue weighted by atomic mass is 16.7. The van der Waals surface area contributed by atoms with Crippen molar-refractivity contribution in [3.8, 4) is 45.8 Å². The highest BCUT2D eigenvalue weighted by Crippen LogP contribution is 2.42. The van der Waals surface area contributed by atoms with E-state index < -0.39 is 43.3 Å². The molecule has 2 heterocycles. The number of hydrogen-bond donors (Lipinski definition) is 7. The van der Waals surface area contributed by atoms with Gasteiger partial charge in [0.2, 0.25) is 12.0 Å². The van der Waals surface area contributed by atoms with Crippen LogP contribution in [0.5, 0.6) is 34.5 Å². The molecule has 0 amide bonds. The lowest BCUT2D eigenvalue weighted by atomic mass is 9.99. The van der Waals surface area contributed by atoms with Crippen molar-refractivity contribution in [2.45, 2.75) is 30.7 Å². The lowest BCUT2D eigenvalue weighted by molar-refractivity contribution is -0.278. The maximum atomic E-state index is 12.3. The third-order valence-electron chi connectivity index (χ3n) is 6.86. The smallest absolute Gasteiger partial charge is 0.402 e. The molecule has 1 aliphatic heterocycles. The zero-order valence-electron chi connectivity index (χ0n) is 23.1. The van der Waals surface area contributed by atoms with Crippen LogP contribution in [0.15, 0.2) is 71.2 Å². The number of methoxy groups -OCH3 is 1. The molecule has 0 saturated carbocycles. The average molecular weight is 610 g/mol. The Morgan fingerprint density at radius 1 is 0.864 bits per heavy atom. The van der Waals surface area contributed by atoms with Crippen molar-refractivity contribution >= 4 is 23.0 Å². The number of phenolic OH excluding ortho intramolecular Hbond substituents is 4. The number of carbonyl (C=O) groups is 1. The maximum Gasteiger partial charge on any atom is 0.402 e. The van der Waals surface area contributed by atoms with Crippen molar-refractivity contribution < 1.29 is 63.9 Å². The number of aromatic hydroxyl groups is 4. The molecule has 0 aliphatic carbocycles. The molecule has 0 radical (unpaired) electrons. The summed E-state index contributed by atoms with van der Waals surface area (Å²) in [5, 5.41) is 71.8. The molecule has 1 unspecified atom stereocenters. The van der Waals surface area contributed by atoms with Crippen LogP contribution < -0.4 is 9.47 Å². The van der Waals surface area contributed by atoms with E-state index in [9.17, 15) is 40.5 Å². The van der Waals surface area contributed by atoms with Crippen LogP contribution in [0.2, 0.25) is 0 Å². The predicted molar refractivity (Wildman–Crippen MR) is 153 cm³/mol. The van der Waals surface area contributed by atoms with E-state index in [-0.39, 0.29) is 51.2 Å². The molecule has 44 heavy (non-hydrogen) atoms. The molecule has 1 aromatic heterocycles.